The van der Waals surface area contributed by atoms with Gasteiger partial charge in [0.15, 0.2) is 0 Å². The molecule has 5 heteroatoms. The number of aryl methyl sites for hydroxylation is 2. The molecule has 1 atom stereocenters. The molecule has 1 heterocycles. The number of aromatic nitrogens is 2. The van der Waals surface area contributed by atoms with Crippen molar-refractivity contribution in [2.75, 3.05) is 5.73 Å². The highest BCUT2D eigenvalue weighted by atomic mass is 16.1. The van der Waals surface area contributed by atoms with Crippen LogP contribution < -0.4 is 11.1 Å². The average molecular weight is 270 g/mol. The Kier molecular flexibility index (Phi) is 3.41. The fraction of sp³-hybridized carbons (Fsp3) is 0.333. The van der Waals surface area contributed by atoms with Crippen molar-refractivity contribution in [3.63, 3.8) is 0 Å². The molecule has 1 aromatic heterocycles. The van der Waals surface area contributed by atoms with Crippen molar-refractivity contribution in [1.82, 2.24) is 14.9 Å². The molecule has 0 aliphatic heterocycles. The second-order valence-electron chi connectivity index (χ2n) is 5.17. The summed E-state index contributed by atoms with van der Waals surface area (Å²) in [6.45, 7) is 0.660. The van der Waals surface area contributed by atoms with E-state index in [1.54, 1.807) is 12.5 Å². The van der Waals surface area contributed by atoms with Crippen molar-refractivity contribution in [2.24, 2.45) is 0 Å². The van der Waals surface area contributed by atoms with Crippen LogP contribution in [-0.4, -0.2) is 15.5 Å². The van der Waals surface area contributed by atoms with Gasteiger partial charge in [0.2, 0.25) is 5.91 Å². The number of hydrogen-bond acceptors (Lipinski definition) is 3. The van der Waals surface area contributed by atoms with Crippen LogP contribution in [0.2, 0.25) is 0 Å². The van der Waals surface area contributed by atoms with Gasteiger partial charge in [-0.3, -0.25) is 4.79 Å². The van der Waals surface area contributed by atoms with E-state index in [-0.39, 0.29) is 11.9 Å². The summed E-state index contributed by atoms with van der Waals surface area (Å²) in [4.78, 5) is 16.0. The number of hydrogen-bond donors (Lipinski definition) is 2. The Balaban J connectivity index is 1.58. The largest absolute Gasteiger partial charge is 0.399 e. The van der Waals surface area contributed by atoms with E-state index in [1.807, 2.05) is 29.0 Å². The zero-order chi connectivity index (χ0) is 13.9. The fourth-order valence-corrected chi connectivity index (χ4v) is 2.70. The number of imidazole rings is 1. The number of carbonyl (C=O) groups is 1. The molecule has 5 nitrogen and oxygen atoms in total. The lowest BCUT2D eigenvalue weighted by atomic mass is 10.1. The number of rotatable bonds is 4. The number of benzene rings is 1. The summed E-state index contributed by atoms with van der Waals surface area (Å²) in [6, 6.07) is 6.06. The first-order valence-electron chi connectivity index (χ1n) is 6.86. The van der Waals surface area contributed by atoms with Gasteiger partial charge in [-0.05, 0) is 36.1 Å². The van der Waals surface area contributed by atoms with Gasteiger partial charge in [-0.2, -0.15) is 0 Å². The smallest absolute Gasteiger partial charge is 0.222 e. The quantitative estimate of drug-likeness (QED) is 0.830. The third kappa shape index (κ3) is 2.66. The maximum Gasteiger partial charge on any atom is 0.222 e. The van der Waals surface area contributed by atoms with Crippen LogP contribution in [0.5, 0.6) is 0 Å². The minimum atomic E-state index is 0.0772. The summed E-state index contributed by atoms with van der Waals surface area (Å²) in [5.74, 6) is 0.0772. The first-order chi connectivity index (χ1) is 9.72. The van der Waals surface area contributed by atoms with Crippen LogP contribution in [0.25, 0.3) is 0 Å². The molecule has 0 saturated carbocycles. The molecule has 1 unspecified atom stereocenters. The molecule has 2 aromatic rings. The number of anilines is 1. The van der Waals surface area contributed by atoms with Crippen molar-refractivity contribution in [2.45, 2.75) is 31.8 Å². The predicted octanol–water partition coefficient (Wildman–Crippen LogP) is 1.66. The van der Waals surface area contributed by atoms with E-state index in [1.165, 1.54) is 11.1 Å². The van der Waals surface area contributed by atoms with Gasteiger partial charge >= 0.3 is 0 Å². The number of nitrogens with two attached hydrogens (primary N) is 1. The normalized spacial score (nSPS) is 16.9. The van der Waals surface area contributed by atoms with E-state index in [0.29, 0.717) is 13.0 Å². The van der Waals surface area contributed by atoms with Gasteiger partial charge in [0.1, 0.15) is 0 Å². The van der Waals surface area contributed by atoms with Crippen LogP contribution in [0.3, 0.4) is 0 Å². The Morgan fingerprint density at radius 1 is 1.50 bits per heavy atom. The van der Waals surface area contributed by atoms with Crippen LogP contribution in [0, 0.1) is 0 Å². The predicted molar refractivity (Wildman–Crippen MR) is 76.9 cm³/mol. The van der Waals surface area contributed by atoms with Crippen molar-refractivity contribution in [3.05, 3.63) is 48.0 Å². The number of nitrogen functional groups attached to an aromatic ring is 1. The molecule has 3 rings (SSSR count). The lowest BCUT2D eigenvalue weighted by Crippen LogP contribution is -2.27. The monoisotopic (exact) mass is 270 g/mol. The highest BCUT2D eigenvalue weighted by Crippen LogP contribution is 2.32. The molecule has 20 heavy (non-hydrogen) atoms. The number of nitrogens with zero attached hydrogens (tertiary/aromatic N) is 2. The molecule has 0 spiro atoms. The highest BCUT2D eigenvalue weighted by Gasteiger charge is 2.23. The molecule has 0 radical (unpaired) electrons. The van der Waals surface area contributed by atoms with Gasteiger partial charge in [-0.15, -0.1) is 0 Å². The van der Waals surface area contributed by atoms with Gasteiger partial charge in [-0.1, -0.05) is 6.07 Å². The Bertz CT molecular complexity index is 606. The summed E-state index contributed by atoms with van der Waals surface area (Å²) in [5.41, 5.74) is 9.03. The van der Waals surface area contributed by atoms with Gasteiger partial charge in [0, 0.05) is 31.0 Å². The lowest BCUT2D eigenvalue weighted by molar-refractivity contribution is -0.122. The van der Waals surface area contributed by atoms with Gasteiger partial charge in [0.05, 0.1) is 12.4 Å². The molecule has 1 aliphatic carbocycles. The zero-order valence-corrected chi connectivity index (χ0v) is 11.2. The second-order valence-corrected chi connectivity index (χ2v) is 5.17. The number of amides is 1. The first kappa shape index (κ1) is 12.7. The number of nitrogens with one attached hydrogen (secondary N) is 1. The maximum atomic E-state index is 12.0. The topological polar surface area (TPSA) is 72.9 Å². The molecule has 0 fully saturated rings. The highest BCUT2D eigenvalue weighted by molar-refractivity contribution is 5.76. The van der Waals surface area contributed by atoms with Crippen LogP contribution in [0.15, 0.2) is 36.9 Å². The Morgan fingerprint density at radius 3 is 3.20 bits per heavy atom. The van der Waals surface area contributed by atoms with Crippen LogP contribution >= 0.6 is 0 Å². The summed E-state index contributed by atoms with van der Waals surface area (Å²) in [7, 11) is 0. The van der Waals surface area contributed by atoms with E-state index >= 15 is 0 Å². The zero-order valence-electron chi connectivity index (χ0n) is 11.2. The standard InChI is InChI=1S/C15H18N4O/c16-12-2-3-13-11(9-12)1-4-14(13)18-15(20)5-7-19-8-6-17-10-19/h2-3,6,8-10,14H,1,4-5,7,16H2,(H,18,20). The molecular weight excluding hydrogens is 252 g/mol. The molecule has 0 bridgehead atoms. The number of fused-ring (bicyclic) bond motifs is 1. The molecule has 1 aromatic carbocycles. The molecular formula is C15H18N4O. The Hall–Kier alpha value is -2.30. The maximum absolute atomic E-state index is 12.0. The summed E-state index contributed by atoms with van der Waals surface area (Å²) in [6.07, 6.45) is 7.71. The molecule has 0 saturated heterocycles. The Labute approximate surface area is 117 Å². The summed E-state index contributed by atoms with van der Waals surface area (Å²) in [5, 5.41) is 3.10. The van der Waals surface area contributed by atoms with Crippen molar-refractivity contribution in [1.29, 1.82) is 0 Å². The van der Waals surface area contributed by atoms with Crippen LogP contribution in [0.4, 0.5) is 5.69 Å². The van der Waals surface area contributed by atoms with E-state index in [4.69, 9.17) is 5.73 Å². The minimum absolute atomic E-state index is 0.0772. The second kappa shape index (κ2) is 5.36. The van der Waals surface area contributed by atoms with E-state index in [9.17, 15) is 4.79 Å². The lowest BCUT2D eigenvalue weighted by Gasteiger charge is -2.14. The van der Waals surface area contributed by atoms with Crippen molar-refractivity contribution < 1.29 is 4.79 Å². The van der Waals surface area contributed by atoms with Gasteiger partial charge in [0.25, 0.3) is 0 Å². The fourth-order valence-electron chi connectivity index (χ4n) is 2.70. The average Bonchev–Trinajstić information content (AvgIpc) is 3.06. The van der Waals surface area contributed by atoms with Crippen LogP contribution in [-0.2, 0) is 17.8 Å². The molecule has 3 N–H and O–H groups in total. The van der Waals surface area contributed by atoms with E-state index in [0.717, 1.165) is 18.5 Å². The molecule has 104 valence electrons. The minimum Gasteiger partial charge on any atom is -0.399 e. The summed E-state index contributed by atoms with van der Waals surface area (Å²) < 4.78 is 1.91. The molecule has 1 amide bonds. The van der Waals surface area contributed by atoms with E-state index in [2.05, 4.69) is 10.3 Å². The first-order valence-corrected chi connectivity index (χ1v) is 6.86. The van der Waals surface area contributed by atoms with Crippen molar-refractivity contribution >= 4 is 11.6 Å². The Morgan fingerprint density at radius 2 is 2.40 bits per heavy atom. The summed E-state index contributed by atoms with van der Waals surface area (Å²) >= 11 is 0. The number of carbonyl (C=O) groups excluding carboxylic acids is 1. The third-order valence-electron chi connectivity index (χ3n) is 3.74. The van der Waals surface area contributed by atoms with E-state index < -0.39 is 0 Å². The van der Waals surface area contributed by atoms with Crippen LogP contribution in [0.1, 0.15) is 30.0 Å². The third-order valence-corrected chi connectivity index (χ3v) is 3.74. The SMILES string of the molecule is Nc1ccc2c(c1)CCC2NC(=O)CCn1ccnc1. The van der Waals surface area contributed by atoms with Gasteiger partial charge < -0.3 is 15.6 Å². The van der Waals surface area contributed by atoms with Gasteiger partial charge in [-0.25, -0.2) is 4.98 Å². The van der Waals surface area contributed by atoms with Crippen molar-refractivity contribution in [3.8, 4) is 0 Å². The molecule has 1 aliphatic rings.